The van der Waals surface area contributed by atoms with Gasteiger partial charge in [-0.15, -0.1) is 0 Å². The van der Waals surface area contributed by atoms with Crippen LogP contribution < -0.4 is 5.73 Å². The van der Waals surface area contributed by atoms with E-state index in [1.807, 2.05) is 34.9 Å². The third kappa shape index (κ3) is 4.18. The van der Waals surface area contributed by atoms with E-state index >= 15 is 0 Å². The van der Waals surface area contributed by atoms with Crippen molar-refractivity contribution in [2.45, 2.75) is 45.5 Å². The smallest absolute Gasteiger partial charge is 0.214 e. The van der Waals surface area contributed by atoms with E-state index in [4.69, 9.17) is 10.2 Å². The summed E-state index contributed by atoms with van der Waals surface area (Å²) < 4.78 is 22.4. The second-order valence-electron chi connectivity index (χ2n) is 9.58. The molecule has 0 aliphatic heterocycles. The van der Waals surface area contributed by atoms with Crippen LogP contribution in [0.4, 0.5) is 10.2 Å². The molecule has 166 valence electrons. The van der Waals surface area contributed by atoms with Crippen molar-refractivity contribution >= 4 is 25.0 Å². The number of nitrogens with two attached hydrogens (primary N) is 1. The number of fused-ring (bicyclic) bond motifs is 1. The normalized spacial score (nSPS) is 12.4. The molecule has 0 saturated heterocycles. The summed E-state index contributed by atoms with van der Waals surface area (Å²) in [7, 11) is -1.83. The second kappa shape index (κ2) is 8.15. The van der Waals surface area contributed by atoms with E-state index in [9.17, 15) is 4.39 Å². The summed E-state index contributed by atoms with van der Waals surface area (Å²) in [5.74, 6) is -0.105. The van der Waals surface area contributed by atoms with Gasteiger partial charge in [0.05, 0.1) is 17.8 Å². The first-order chi connectivity index (χ1) is 15.1. The molecule has 3 heterocycles. The third-order valence-corrected chi connectivity index (χ3v) is 10.8. The number of nitrogen functional groups attached to an aromatic ring is 1. The Labute approximate surface area is 189 Å². The van der Waals surface area contributed by atoms with Gasteiger partial charge in [0, 0.05) is 35.1 Å². The van der Waals surface area contributed by atoms with E-state index in [-0.39, 0.29) is 5.04 Å². The summed E-state index contributed by atoms with van der Waals surface area (Å²) in [6.07, 6.45) is 3.20. The highest BCUT2D eigenvalue weighted by Crippen LogP contribution is 2.37. The fourth-order valence-corrected chi connectivity index (χ4v) is 4.37. The van der Waals surface area contributed by atoms with E-state index in [1.165, 1.54) is 6.07 Å². The standard InChI is InChI=1S/C25H29FN4OSi/c1-25(2,3)32(4,5)31-16-17-8-10-19(11-9-17)30-21-14-23(26)29-15-18(21)13-22(30)20-7-6-12-28-24(20)27/h6-15H,16H2,1-5H3,(H2,27,28). The predicted octanol–water partition coefficient (Wildman–Crippen LogP) is 6.33. The largest absolute Gasteiger partial charge is 0.413 e. The SMILES string of the molecule is CC(C)(C)[Si](C)(C)OCc1ccc(-n2c(-c3cccnc3N)cc3cnc(F)cc32)cc1. The van der Waals surface area contributed by atoms with Crippen LogP contribution in [0.5, 0.6) is 0 Å². The maximum atomic E-state index is 14.0. The Morgan fingerprint density at radius 3 is 2.44 bits per heavy atom. The monoisotopic (exact) mass is 448 g/mol. The number of hydrogen-bond acceptors (Lipinski definition) is 4. The highest BCUT2D eigenvalue weighted by atomic mass is 28.4. The van der Waals surface area contributed by atoms with Gasteiger partial charge < -0.3 is 14.7 Å². The maximum Gasteiger partial charge on any atom is 0.214 e. The number of anilines is 1. The molecule has 1 aromatic carbocycles. The van der Waals surface area contributed by atoms with E-state index in [0.29, 0.717) is 12.4 Å². The number of benzene rings is 1. The first kappa shape index (κ1) is 22.2. The van der Waals surface area contributed by atoms with Crippen LogP contribution in [-0.4, -0.2) is 22.9 Å². The highest BCUT2D eigenvalue weighted by Gasteiger charge is 2.37. The minimum absolute atomic E-state index is 0.160. The van der Waals surface area contributed by atoms with Crippen LogP contribution >= 0.6 is 0 Å². The molecule has 3 aromatic heterocycles. The van der Waals surface area contributed by atoms with Gasteiger partial charge in [-0.1, -0.05) is 32.9 Å². The number of hydrogen-bond donors (Lipinski definition) is 1. The number of nitrogens with zero attached hydrogens (tertiary/aromatic N) is 3. The molecule has 0 atom stereocenters. The van der Waals surface area contributed by atoms with Crippen molar-refractivity contribution in [3.05, 3.63) is 72.4 Å². The molecule has 0 amide bonds. The van der Waals surface area contributed by atoms with Gasteiger partial charge >= 0.3 is 0 Å². The molecular formula is C25H29FN4OSi. The van der Waals surface area contributed by atoms with Crippen molar-refractivity contribution in [2.75, 3.05) is 5.73 Å². The van der Waals surface area contributed by atoms with E-state index in [2.05, 4.69) is 56.0 Å². The minimum Gasteiger partial charge on any atom is -0.413 e. The van der Waals surface area contributed by atoms with Crippen LogP contribution in [0.25, 0.3) is 27.8 Å². The molecule has 2 N–H and O–H groups in total. The molecule has 0 unspecified atom stereocenters. The van der Waals surface area contributed by atoms with Gasteiger partial charge in [0.2, 0.25) is 5.95 Å². The van der Waals surface area contributed by atoms with Crippen molar-refractivity contribution in [3.8, 4) is 16.9 Å². The van der Waals surface area contributed by atoms with E-state index in [0.717, 1.165) is 33.4 Å². The Morgan fingerprint density at radius 1 is 1.06 bits per heavy atom. The average Bonchev–Trinajstić information content (AvgIpc) is 3.10. The van der Waals surface area contributed by atoms with Crippen LogP contribution in [0.1, 0.15) is 26.3 Å². The minimum atomic E-state index is -1.83. The molecule has 4 rings (SSSR count). The Hall–Kier alpha value is -3.03. The molecule has 0 aliphatic carbocycles. The molecule has 0 saturated carbocycles. The van der Waals surface area contributed by atoms with Crippen molar-refractivity contribution in [3.63, 3.8) is 0 Å². The zero-order chi connectivity index (χ0) is 23.1. The van der Waals surface area contributed by atoms with Crippen molar-refractivity contribution < 1.29 is 8.82 Å². The first-order valence-electron chi connectivity index (χ1n) is 10.7. The summed E-state index contributed by atoms with van der Waals surface area (Å²) >= 11 is 0. The number of aromatic nitrogens is 3. The highest BCUT2D eigenvalue weighted by molar-refractivity contribution is 6.74. The van der Waals surface area contributed by atoms with Crippen LogP contribution in [-0.2, 0) is 11.0 Å². The summed E-state index contributed by atoms with van der Waals surface area (Å²) in [6.45, 7) is 11.8. The van der Waals surface area contributed by atoms with Crippen LogP contribution in [0, 0.1) is 5.95 Å². The Kier molecular flexibility index (Phi) is 5.64. The quantitative estimate of drug-likeness (QED) is 0.286. The predicted molar refractivity (Wildman–Crippen MR) is 131 cm³/mol. The number of halogens is 1. The molecule has 0 spiro atoms. The van der Waals surface area contributed by atoms with Gasteiger partial charge in [-0.2, -0.15) is 4.39 Å². The molecule has 5 nitrogen and oxygen atoms in total. The van der Waals surface area contributed by atoms with Crippen LogP contribution in [0.3, 0.4) is 0 Å². The lowest BCUT2D eigenvalue weighted by molar-refractivity contribution is 0.276. The molecular weight excluding hydrogens is 419 g/mol. The fraction of sp³-hybridized carbons (Fsp3) is 0.280. The average molecular weight is 449 g/mol. The zero-order valence-corrected chi connectivity index (χ0v) is 20.2. The first-order valence-corrected chi connectivity index (χ1v) is 13.6. The molecule has 4 aromatic rings. The Morgan fingerprint density at radius 2 is 1.78 bits per heavy atom. The van der Waals surface area contributed by atoms with Gasteiger partial charge in [0.15, 0.2) is 8.32 Å². The summed E-state index contributed by atoms with van der Waals surface area (Å²) in [6, 6.07) is 15.3. The van der Waals surface area contributed by atoms with Gasteiger partial charge in [-0.05, 0) is 54.0 Å². The van der Waals surface area contributed by atoms with Crippen molar-refractivity contribution in [1.29, 1.82) is 0 Å². The summed E-state index contributed by atoms with van der Waals surface area (Å²) in [5.41, 5.74) is 10.5. The van der Waals surface area contributed by atoms with Gasteiger partial charge in [0.25, 0.3) is 0 Å². The lowest BCUT2D eigenvalue weighted by Crippen LogP contribution is -2.40. The lowest BCUT2D eigenvalue weighted by atomic mass is 10.1. The summed E-state index contributed by atoms with van der Waals surface area (Å²) in [5, 5.41) is 0.989. The summed E-state index contributed by atoms with van der Waals surface area (Å²) in [4.78, 5) is 8.03. The van der Waals surface area contributed by atoms with Crippen molar-refractivity contribution in [2.24, 2.45) is 0 Å². The number of pyridine rings is 2. The molecule has 7 heteroatoms. The fourth-order valence-electron chi connectivity index (χ4n) is 3.41. The molecule has 0 fully saturated rings. The van der Waals surface area contributed by atoms with Crippen LogP contribution in [0.15, 0.2) is 60.9 Å². The van der Waals surface area contributed by atoms with E-state index < -0.39 is 14.3 Å². The topological polar surface area (TPSA) is 66.0 Å². The Bertz CT molecular complexity index is 1260. The Balaban J connectivity index is 1.74. The molecule has 0 radical (unpaired) electrons. The zero-order valence-electron chi connectivity index (χ0n) is 19.2. The molecule has 32 heavy (non-hydrogen) atoms. The second-order valence-corrected chi connectivity index (χ2v) is 14.4. The maximum absolute atomic E-state index is 14.0. The number of rotatable bonds is 5. The lowest BCUT2D eigenvalue weighted by Gasteiger charge is -2.36. The molecule has 0 bridgehead atoms. The molecule has 0 aliphatic rings. The van der Waals surface area contributed by atoms with Crippen LogP contribution in [0.2, 0.25) is 18.1 Å². The van der Waals surface area contributed by atoms with Gasteiger partial charge in [0.1, 0.15) is 5.82 Å². The van der Waals surface area contributed by atoms with Crippen molar-refractivity contribution in [1.82, 2.24) is 14.5 Å². The van der Waals surface area contributed by atoms with E-state index in [1.54, 1.807) is 12.4 Å². The van der Waals surface area contributed by atoms with Gasteiger partial charge in [-0.3, -0.25) is 0 Å². The third-order valence-electron chi connectivity index (χ3n) is 6.37. The van der Waals surface area contributed by atoms with Gasteiger partial charge in [-0.25, -0.2) is 9.97 Å².